The topological polar surface area (TPSA) is 86.7 Å². The number of nitrogens with one attached hydrogen (secondary N) is 1. The third-order valence-electron chi connectivity index (χ3n) is 6.68. The Bertz CT molecular complexity index is 1560. The summed E-state index contributed by atoms with van der Waals surface area (Å²) in [6.45, 7) is 0.965. The standard InChI is InChI=1S/C28H21Cl3N2O4S/c29-19-5-3-6-20(30)23(19)15-10-12-33(13-11-15)27(35)16-8-9-21(18(14-16)28(36)37)32-26(34)25-24(31)17-4-1-2-7-22(17)38-25/h1-9,14-15H,10-13H2,(H,32,34)(H,36,37). The molecule has 3 aromatic carbocycles. The lowest BCUT2D eigenvalue weighted by Crippen LogP contribution is -2.38. The van der Waals surface area contributed by atoms with E-state index in [2.05, 4.69) is 5.32 Å². The van der Waals surface area contributed by atoms with Crippen molar-refractivity contribution >= 4 is 79.7 Å². The number of nitrogens with zero attached hydrogens (tertiary/aromatic N) is 1. The predicted molar refractivity (Wildman–Crippen MR) is 153 cm³/mol. The summed E-state index contributed by atoms with van der Waals surface area (Å²) in [6.07, 6.45) is 1.37. The highest BCUT2D eigenvalue weighted by Crippen LogP contribution is 2.38. The van der Waals surface area contributed by atoms with Crippen molar-refractivity contribution in [1.29, 1.82) is 0 Å². The lowest BCUT2D eigenvalue weighted by atomic mass is 9.89. The number of aromatic carboxylic acids is 1. The van der Waals surface area contributed by atoms with Gasteiger partial charge in [0.1, 0.15) is 4.88 Å². The smallest absolute Gasteiger partial charge is 0.337 e. The first-order valence-corrected chi connectivity index (χ1v) is 13.8. The van der Waals surface area contributed by atoms with Gasteiger partial charge in [0, 0.05) is 38.8 Å². The number of carbonyl (C=O) groups is 3. The van der Waals surface area contributed by atoms with Crippen LogP contribution in [0.5, 0.6) is 0 Å². The van der Waals surface area contributed by atoms with Crippen molar-refractivity contribution in [3.05, 3.63) is 97.3 Å². The monoisotopic (exact) mass is 586 g/mol. The molecule has 0 atom stereocenters. The third kappa shape index (κ3) is 5.12. The molecule has 4 aromatic rings. The lowest BCUT2D eigenvalue weighted by molar-refractivity contribution is 0.0698. The number of hydrogen-bond acceptors (Lipinski definition) is 4. The predicted octanol–water partition coefficient (Wildman–Crippen LogP) is 7.83. The molecule has 10 heteroatoms. The van der Waals surface area contributed by atoms with E-state index in [1.807, 2.05) is 36.4 Å². The Morgan fingerprint density at radius 1 is 0.921 bits per heavy atom. The minimum Gasteiger partial charge on any atom is -0.478 e. The van der Waals surface area contributed by atoms with Gasteiger partial charge >= 0.3 is 5.97 Å². The Hall–Kier alpha value is -3.10. The average Bonchev–Trinajstić information content (AvgIpc) is 3.25. The second kappa shape index (κ2) is 10.9. The van der Waals surface area contributed by atoms with E-state index in [4.69, 9.17) is 34.8 Å². The molecule has 0 saturated carbocycles. The molecule has 2 heterocycles. The average molecular weight is 588 g/mol. The van der Waals surface area contributed by atoms with Gasteiger partial charge in [-0.15, -0.1) is 11.3 Å². The number of rotatable bonds is 5. The Morgan fingerprint density at radius 2 is 1.61 bits per heavy atom. The van der Waals surface area contributed by atoms with Crippen molar-refractivity contribution in [3.63, 3.8) is 0 Å². The molecule has 2 amide bonds. The van der Waals surface area contributed by atoms with Crippen LogP contribution in [0.15, 0.2) is 60.7 Å². The van der Waals surface area contributed by atoms with Gasteiger partial charge < -0.3 is 15.3 Å². The van der Waals surface area contributed by atoms with E-state index < -0.39 is 11.9 Å². The molecule has 0 unspecified atom stereocenters. The Balaban J connectivity index is 1.32. The van der Waals surface area contributed by atoms with Gasteiger partial charge in [0.2, 0.25) is 0 Å². The number of fused-ring (bicyclic) bond motifs is 1. The summed E-state index contributed by atoms with van der Waals surface area (Å²) < 4.78 is 0.850. The summed E-state index contributed by atoms with van der Waals surface area (Å²) >= 11 is 20.4. The molecule has 1 aliphatic heterocycles. The number of benzene rings is 3. The minimum absolute atomic E-state index is 0.0830. The maximum atomic E-state index is 13.2. The lowest BCUT2D eigenvalue weighted by Gasteiger charge is -2.33. The second-order valence-corrected chi connectivity index (χ2v) is 11.2. The van der Waals surface area contributed by atoms with Crippen LogP contribution in [0.3, 0.4) is 0 Å². The van der Waals surface area contributed by atoms with Crippen molar-refractivity contribution in [2.24, 2.45) is 0 Å². The van der Waals surface area contributed by atoms with Crippen LogP contribution in [0, 0.1) is 0 Å². The molecule has 1 saturated heterocycles. The zero-order valence-electron chi connectivity index (χ0n) is 19.8. The first kappa shape index (κ1) is 26.5. The third-order valence-corrected chi connectivity index (χ3v) is 9.01. The molecule has 1 aliphatic rings. The number of hydrogen-bond donors (Lipinski definition) is 2. The fourth-order valence-electron chi connectivity index (χ4n) is 4.76. The van der Waals surface area contributed by atoms with Crippen LogP contribution < -0.4 is 5.32 Å². The maximum absolute atomic E-state index is 13.2. The number of piperidine rings is 1. The summed E-state index contributed by atoms with van der Waals surface area (Å²) in [5.74, 6) is -1.92. The van der Waals surface area contributed by atoms with Crippen LogP contribution in [0.2, 0.25) is 15.1 Å². The molecule has 194 valence electrons. The highest BCUT2D eigenvalue weighted by atomic mass is 35.5. The van der Waals surface area contributed by atoms with Crippen molar-refractivity contribution in [1.82, 2.24) is 4.90 Å². The first-order valence-electron chi connectivity index (χ1n) is 11.8. The summed E-state index contributed by atoms with van der Waals surface area (Å²) in [5, 5.41) is 14.8. The normalized spacial score (nSPS) is 14.0. The Kier molecular flexibility index (Phi) is 7.63. The largest absolute Gasteiger partial charge is 0.478 e. The van der Waals surface area contributed by atoms with Crippen molar-refractivity contribution in [3.8, 4) is 0 Å². The van der Waals surface area contributed by atoms with E-state index in [0.29, 0.717) is 41.0 Å². The van der Waals surface area contributed by atoms with E-state index in [9.17, 15) is 19.5 Å². The number of likely N-dealkylation sites (tertiary alicyclic amines) is 1. The number of amides is 2. The van der Waals surface area contributed by atoms with Gasteiger partial charge in [-0.2, -0.15) is 0 Å². The molecule has 2 N–H and O–H groups in total. The summed E-state index contributed by atoms with van der Waals surface area (Å²) in [5.41, 5.74) is 1.03. The van der Waals surface area contributed by atoms with E-state index in [1.165, 1.54) is 29.5 Å². The van der Waals surface area contributed by atoms with Gasteiger partial charge in [0.25, 0.3) is 11.8 Å². The molecule has 0 bridgehead atoms. The molecule has 1 aromatic heterocycles. The SMILES string of the molecule is O=C(O)c1cc(C(=O)N2CCC(c3c(Cl)cccc3Cl)CC2)ccc1NC(=O)c1sc2ccccc2c1Cl. The fraction of sp³-hybridized carbons (Fsp3) is 0.179. The molecule has 1 fully saturated rings. The van der Waals surface area contributed by atoms with Gasteiger partial charge in [0.15, 0.2) is 0 Å². The molecule has 0 spiro atoms. The van der Waals surface area contributed by atoms with Gasteiger partial charge in [-0.25, -0.2) is 4.79 Å². The molecule has 0 aliphatic carbocycles. The van der Waals surface area contributed by atoms with Crippen molar-refractivity contribution in [2.75, 3.05) is 18.4 Å². The number of carbonyl (C=O) groups excluding carboxylic acids is 2. The van der Waals surface area contributed by atoms with Gasteiger partial charge in [-0.3, -0.25) is 9.59 Å². The molecule has 6 nitrogen and oxygen atoms in total. The van der Waals surface area contributed by atoms with E-state index in [0.717, 1.165) is 15.6 Å². The highest BCUT2D eigenvalue weighted by Gasteiger charge is 2.28. The molecule has 5 rings (SSSR count). The zero-order chi connectivity index (χ0) is 27.0. The number of anilines is 1. The Labute approximate surface area is 237 Å². The van der Waals surface area contributed by atoms with E-state index >= 15 is 0 Å². The summed E-state index contributed by atoms with van der Waals surface area (Å²) in [6, 6.07) is 17.0. The fourth-order valence-corrected chi connectivity index (χ4v) is 6.88. The molecule has 38 heavy (non-hydrogen) atoms. The van der Waals surface area contributed by atoms with Crippen LogP contribution in [0.25, 0.3) is 10.1 Å². The number of halogens is 3. The van der Waals surface area contributed by atoms with E-state index in [-0.39, 0.29) is 33.5 Å². The quantitative estimate of drug-likeness (QED) is 0.249. The van der Waals surface area contributed by atoms with Crippen LogP contribution in [0.1, 0.15) is 54.7 Å². The number of thiophene rings is 1. The van der Waals surface area contributed by atoms with Gasteiger partial charge in [0.05, 0.1) is 16.3 Å². The highest BCUT2D eigenvalue weighted by molar-refractivity contribution is 7.21. The second-order valence-electron chi connectivity index (χ2n) is 8.96. The summed E-state index contributed by atoms with van der Waals surface area (Å²) in [4.78, 5) is 40.2. The number of carboxylic acid groups (broad SMARTS) is 1. The van der Waals surface area contributed by atoms with Crippen LogP contribution in [-0.4, -0.2) is 40.9 Å². The van der Waals surface area contributed by atoms with Crippen LogP contribution in [-0.2, 0) is 0 Å². The van der Waals surface area contributed by atoms with Gasteiger partial charge in [-0.05, 0) is 60.7 Å². The van der Waals surface area contributed by atoms with E-state index in [1.54, 1.807) is 11.0 Å². The first-order chi connectivity index (χ1) is 18.2. The molecule has 0 radical (unpaired) electrons. The minimum atomic E-state index is -1.26. The maximum Gasteiger partial charge on any atom is 0.337 e. The van der Waals surface area contributed by atoms with Crippen LogP contribution >= 0.6 is 46.1 Å². The van der Waals surface area contributed by atoms with Crippen molar-refractivity contribution in [2.45, 2.75) is 18.8 Å². The Morgan fingerprint density at radius 3 is 2.26 bits per heavy atom. The summed E-state index contributed by atoms with van der Waals surface area (Å²) in [7, 11) is 0. The number of carboxylic acids is 1. The zero-order valence-corrected chi connectivity index (χ0v) is 22.9. The van der Waals surface area contributed by atoms with Crippen LogP contribution in [0.4, 0.5) is 5.69 Å². The molecular weight excluding hydrogens is 567 g/mol. The van der Waals surface area contributed by atoms with Gasteiger partial charge in [-0.1, -0.05) is 59.1 Å². The van der Waals surface area contributed by atoms with Crippen molar-refractivity contribution < 1.29 is 19.5 Å². The molecular formula is C28H21Cl3N2O4S.